The van der Waals surface area contributed by atoms with Crippen LogP contribution in [-0.2, 0) is 0 Å². The molecule has 0 bridgehead atoms. The quantitative estimate of drug-likeness (QED) is 0.661. The fourth-order valence-electron chi connectivity index (χ4n) is 1.78. The van der Waals surface area contributed by atoms with Gasteiger partial charge in [0.05, 0.1) is 5.69 Å². The van der Waals surface area contributed by atoms with Crippen LogP contribution in [0.1, 0.15) is 19.5 Å². The van der Waals surface area contributed by atoms with Crippen molar-refractivity contribution < 1.29 is 0 Å². The first-order valence-electron chi connectivity index (χ1n) is 6.82. The number of benzene rings is 1. The Balaban J connectivity index is 0.000000956. The Hall–Kier alpha value is -2.41. The molecular weight excluding hydrogens is 242 g/mol. The van der Waals surface area contributed by atoms with Crippen molar-refractivity contribution in [3.05, 3.63) is 85.7 Å². The average molecular weight is 263 g/mol. The fourth-order valence-corrected chi connectivity index (χ4v) is 1.78. The van der Waals surface area contributed by atoms with Gasteiger partial charge in [-0.05, 0) is 28.8 Å². The van der Waals surface area contributed by atoms with Gasteiger partial charge in [0.1, 0.15) is 0 Å². The second kappa shape index (κ2) is 8.65. The van der Waals surface area contributed by atoms with Crippen LogP contribution < -0.4 is 0 Å². The lowest BCUT2D eigenvalue weighted by molar-refractivity contribution is 1.28. The van der Waals surface area contributed by atoms with Crippen LogP contribution in [0.25, 0.3) is 16.7 Å². The molecule has 0 fully saturated rings. The molecule has 102 valence electrons. The summed E-state index contributed by atoms with van der Waals surface area (Å²) in [7, 11) is 0. The zero-order valence-corrected chi connectivity index (χ0v) is 12.2. The molecule has 0 saturated heterocycles. The molecule has 0 aliphatic rings. The molecule has 0 N–H and O–H groups in total. The van der Waals surface area contributed by atoms with Gasteiger partial charge in [0, 0.05) is 6.20 Å². The normalized spacial score (nSPS) is 10.2. The van der Waals surface area contributed by atoms with Crippen LogP contribution in [0.2, 0.25) is 0 Å². The maximum atomic E-state index is 4.37. The Labute approximate surface area is 122 Å². The first-order chi connectivity index (χ1) is 9.85. The highest BCUT2D eigenvalue weighted by Gasteiger charge is 2.02. The Morgan fingerprint density at radius 3 is 2.30 bits per heavy atom. The van der Waals surface area contributed by atoms with Gasteiger partial charge in [-0.1, -0.05) is 75.6 Å². The molecule has 0 atom stereocenters. The van der Waals surface area contributed by atoms with E-state index in [-0.39, 0.29) is 0 Å². The van der Waals surface area contributed by atoms with Crippen LogP contribution in [-0.4, -0.2) is 4.98 Å². The minimum Gasteiger partial charge on any atom is -0.256 e. The molecule has 1 aromatic heterocycles. The molecule has 0 spiro atoms. The summed E-state index contributed by atoms with van der Waals surface area (Å²) in [6, 6.07) is 14.3. The highest BCUT2D eigenvalue weighted by molar-refractivity contribution is 5.75. The van der Waals surface area contributed by atoms with Gasteiger partial charge in [-0.15, -0.1) is 0 Å². The van der Waals surface area contributed by atoms with Crippen LogP contribution >= 0.6 is 0 Å². The third-order valence-corrected chi connectivity index (χ3v) is 2.68. The number of nitrogens with zero attached hydrogens (tertiary/aromatic N) is 1. The van der Waals surface area contributed by atoms with Crippen LogP contribution in [0.15, 0.2) is 80.0 Å². The van der Waals surface area contributed by atoms with E-state index in [1.807, 2.05) is 50.4 Å². The molecule has 1 aromatic carbocycles. The summed E-state index contributed by atoms with van der Waals surface area (Å²) < 4.78 is 0. The Morgan fingerprint density at radius 2 is 1.70 bits per heavy atom. The van der Waals surface area contributed by atoms with Gasteiger partial charge in [0.15, 0.2) is 0 Å². The first-order valence-corrected chi connectivity index (χ1v) is 6.82. The standard InChI is InChI=1S/C17H15N.C2H6/c1-3-8-14(4-2)17-13-16(11-12-18-17)15-9-6-5-7-10-15;1-2/h3-13H,1-2H2;1-2H3/b14-8+;. The van der Waals surface area contributed by atoms with E-state index in [0.717, 1.165) is 16.8 Å². The topological polar surface area (TPSA) is 12.9 Å². The third kappa shape index (κ3) is 4.06. The molecule has 0 saturated carbocycles. The lowest BCUT2D eigenvalue weighted by Gasteiger charge is -2.05. The summed E-state index contributed by atoms with van der Waals surface area (Å²) in [5.41, 5.74) is 4.22. The number of hydrogen-bond acceptors (Lipinski definition) is 1. The fraction of sp³-hybridized carbons (Fsp3) is 0.105. The molecule has 1 heterocycles. The molecular formula is C19H21N. The minimum atomic E-state index is 0.909. The van der Waals surface area contributed by atoms with Crippen molar-refractivity contribution in [1.29, 1.82) is 0 Å². The van der Waals surface area contributed by atoms with Crippen molar-refractivity contribution in [2.45, 2.75) is 13.8 Å². The minimum absolute atomic E-state index is 0.909. The van der Waals surface area contributed by atoms with E-state index in [2.05, 4.69) is 36.3 Å². The maximum absolute atomic E-state index is 4.37. The predicted molar refractivity (Wildman–Crippen MR) is 89.4 cm³/mol. The van der Waals surface area contributed by atoms with Crippen LogP contribution in [0.5, 0.6) is 0 Å². The molecule has 1 heteroatoms. The zero-order valence-electron chi connectivity index (χ0n) is 12.2. The monoisotopic (exact) mass is 263 g/mol. The molecule has 0 aliphatic heterocycles. The Morgan fingerprint density at radius 1 is 1.00 bits per heavy atom. The van der Waals surface area contributed by atoms with Gasteiger partial charge in [-0.25, -0.2) is 0 Å². The molecule has 0 unspecified atom stereocenters. The van der Waals surface area contributed by atoms with E-state index < -0.39 is 0 Å². The molecule has 0 radical (unpaired) electrons. The number of pyridine rings is 1. The van der Waals surface area contributed by atoms with Gasteiger partial charge >= 0.3 is 0 Å². The number of aromatic nitrogens is 1. The summed E-state index contributed by atoms with van der Waals surface area (Å²) in [6.45, 7) is 11.5. The molecule has 0 aliphatic carbocycles. The molecule has 2 rings (SSSR count). The second-order valence-electron chi connectivity index (χ2n) is 3.86. The molecule has 1 nitrogen and oxygen atoms in total. The van der Waals surface area contributed by atoms with E-state index in [0.29, 0.717) is 0 Å². The summed E-state index contributed by atoms with van der Waals surface area (Å²) in [6.07, 6.45) is 7.26. The van der Waals surface area contributed by atoms with Crippen LogP contribution in [0.3, 0.4) is 0 Å². The van der Waals surface area contributed by atoms with Gasteiger partial charge < -0.3 is 0 Å². The number of rotatable bonds is 4. The lowest BCUT2D eigenvalue weighted by Crippen LogP contribution is -1.87. The van der Waals surface area contributed by atoms with Crippen molar-refractivity contribution in [2.24, 2.45) is 0 Å². The second-order valence-corrected chi connectivity index (χ2v) is 3.86. The van der Waals surface area contributed by atoms with Crippen molar-refractivity contribution in [1.82, 2.24) is 4.98 Å². The largest absolute Gasteiger partial charge is 0.256 e. The van der Waals surface area contributed by atoms with Crippen molar-refractivity contribution in [3.63, 3.8) is 0 Å². The Kier molecular flexibility index (Phi) is 6.77. The molecule has 20 heavy (non-hydrogen) atoms. The number of allylic oxidation sites excluding steroid dienone is 4. The summed E-state index contributed by atoms with van der Waals surface area (Å²) in [5.74, 6) is 0. The Bertz CT molecular complexity index is 580. The third-order valence-electron chi connectivity index (χ3n) is 2.68. The van der Waals surface area contributed by atoms with Gasteiger partial charge in [-0.3, -0.25) is 4.98 Å². The van der Waals surface area contributed by atoms with Gasteiger partial charge in [0.25, 0.3) is 0 Å². The highest BCUT2D eigenvalue weighted by Crippen LogP contribution is 2.22. The smallest absolute Gasteiger partial charge is 0.0707 e. The van der Waals surface area contributed by atoms with E-state index in [9.17, 15) is 0 Å². The predicted octanol–water partition coefficient (Wildman–Crippen LogP) is 5.53. The van der Waals surface area contributed by atoms with E-state index in [1.165, 1.54) is 5.56 Å². The molecule has 2 aromatic rings. The number of hydrogen-bond donors (Lipinski definition) is 0. The van der Waals surface area contributed by atoms with Crippen molar-refractivity contribution in [2.75, 3.05) is 0 Å². The maximum Gasteiger partial charge on any atom is 0.0707 e. The molecule has 0 amide bonds. The van der Waals surface area contributed by atoms with Gasteiger partial charge in [0.2, 0.25) is 0 Å². The average Bonchev–Trinajstić information content (AvgIpc) is 2.55. The van der Waals surface area contributed by atoms with E-state index in [4.69, 9.17) is 0 Å². The SMILES string of the molecule is C=C/C=C(\C=C)c1cc(-c2ccccc2)ccn1.CC. The van der Waals surface area contributed by atoms with Gasteiger partial charge in [-0.2, -0.15) is 0 Å². The van der Waals surface area contributed by atoms with Crippen molar-refractivity contribution >= 4 is 5.57 Å². The van der Waals surface area contributed by atoms with E-state index >= 15 is 0 Å². The van der Waals surface area contributed by atoms with Crippen LogP contribution in [0, 0.1) is 0 Å². The first kappa shape index (κ1) is 15.6. The van der Waals surface area contributed by atoms with E-state index in [1.54, 1.807) is 12.2 Å². The van der Waals surface area contributed by atoms with Crippen molar-refractivity contribution in [3.8, 4) is 11.1 Å². The van der Waals surface area contributed by atoms with Crippen LogP contribution in [0.4, 0.5) is 0 Å². The summed E-state index contributed by atoms with van der Waals surface area (Å²) in [4.78, 5) is 4.37. The zero-order chi connectivity index (χ0) is 14.8. The summed E-state index contributed by atoms with van der Waals surface area (Å²) >= 11 is 0. The summed E-state index contributed by atoms with van der Waals surface area (Å²) in [5, 5.41) is 0. The lowest BCUT2D eigenvalue weighted by atomic mass is 10.0. The highest BCUT2D eigenvalue weighted by atomic mass is 14.7.